The van der Waals surface area contributed by atoms with E-state index < -0.39 is 0 Å². The summed E-state index contributed by atoms with van der Waals surface area (Å²) in [5.74, 6) is 1.50. The van der Waals surface area contributed by atoms with Crippen molar-refractivity contribution in [3.8, 4) is 0 Å². The third kappa shape index (κ3) is 3.17. The molecule has 1 aliphatic rings. The van der Waals surface area contributed by atoms with Gasteiger partial charge in [0.1, 0.15) is 0 Å². The van der Waals surface area contributed by atoms with Crippen LogP contribution >= 0.6 is 27.7 Å². The van der Waals surface area contributed by atoms with Gasteiger partial charge in [-0.05, 0) is 18.6 Å². The molecule has 1 aliphatic heterocycles. The van der Waals surface area contributed by atoms with Gasteiger partial charge >= 0.3 is 0 Å². The van der Waals surface area contributed by atoms with Crippen LogP contribution in [-0.4, -0.2) is 40.7 Å². The van der Waals surface area contributed by atoms with E-state index in [-0.39, 0.29) is 0 Å². The molecule has 1 saturated heterocycles. The minimum Gasteiger partial charge on any atom is -0.342 e. The molecule has 2 unspecified atom stereocenters. The van der Waals surface area contributed by atoms with Crippen LogP contribution < -0.4 is 0 Å². The first-order valence-electron chi connectivity index (χ1n) is 4.56. The monoisotopic (exact) mass is 265 g/mol. The molecule has 2 nitrogen and oxygen atoms in total. The summed E-state index contributed by atoms with van der Waals surface area (Å²) in [5, 5.41) is 0. The molecule has 0 aromatic heterocycles. The van der Waals surface area contributed by atoms with E-state index in [4.69, 9.17) is 0 Å². The van der Waals surface area contributed by atoms with Crippen molar-refractivity contribution in [2.75, 3.05) is 25.1 Å². The Morgan fingerprint density at radius 3 is 2.92 bits per heavy atom. The Labute approximate surface area is 92.6 Å². The van der Waals surface area contributed by atoms with Crippen LogP contribution in [0.1, 0.15) is 13.3 Å². The fraction of sp³-hybridized carbons (Fsp3) is 0.889. The number of alkyl halides is 1. The molecule has 4 heteroatoms. The second-order valence-corrected chi connectivity index (χ2v) is 5.60. The SMILES string of the molecule is CSCC(=O)N1CCC(Br)C(C)C1. The maximum atomic E-state index is 11.5. The third-order valence-electron chi connectivity index (χ3n) is 2.42. The molecule has 0 aliphatic carbocycles. The standard InChI is InChI=1S/C9H16BrNOS/c1-7-5-11(4-3-8(7)10)9(12)6-13-2/h7-8H,3-6H2,1-2H3. The van der Waals surface area contributed by atoms with Crippen LogP contribution in [0.4, 0.5) is 0 Å². The van der Waals surface area contributed by atoms with E-state index in [2.05, 4.69) is 22.9 Å². The summed E-state index contributed by atoms with van der Waals surface area (Å²) in [5.41, 5.74) is 0. The molecule has 1 amide bonds. The van der Waals surface area contributed by atoms with Gasteiger partial charge in [0.05, 0.1) is 5.75 Å². The predicted octanol–water partition coefficient (Wildman–Crippen LogP) is 1.98. The van der Waals surface area contributed by atoms with Gasteiger partial charge in [0.2, 0.25) is 5.91 Å². The number of rotatable bonds is 2. The van der Waals surface area contributed by atoms with E-state index in [9.17, 15) is 4.79 Å². The van der Waals surface area contributed by atoms with Crippen LogP contribution in [0.3, 0.4) is 0 Å². The molecule has 13 heavy (non-hydrogen) atoms. The van der Waals surface area contributed by atoms with Gasteiger partial charge in [0.25, 0.3) is 0 Å². The fourth-order valence-corrected chi connectivity index (χ4v) is 2.36. The number of piperidine rings is 1. The Bertz CT molecular complexity index is 188. The Morgan fingerprint density at radius 2 is 2.38 bits per heavy atom. The number of carbonyl (C=O) groups excluding carboxylic acids is 1. The summed E-state index contributed by atoms with van der Waals surface area (Å²) in [6.45, 7) is 4.02. The van der Waals surface area contributed by atoms with Gasteiger partial charge in [0, 0.05) is 17.9 Å². The lowest BCUT2D eigenvalue weighted by Crippen LogP contribution is -2.44. The van der Waals surface area contributed by atoms with Gasteiger partial charge in [0.15, 0.2) is 0 Å². The zero-order valence-corrected chi connectivity index (χ0v) is 10.5. The summed E-state index contributed by atoms with van der Waals surface area (Å²) in [7, 11) is 0. The number of thioether (sulfide) groups is 1. The smallest absolute Gasteiger partial charge is 0.232 e. The Kier molecular flexibility index (Phi) is 4.59. The highest BCUT2D eigenvalue weighted by molar-refractivity contribution is 9.09. The lowest BCUT2D eigenvalue weighted by molar-refractivity contribution is -0.129. The molecular formula is C9H16BrNOS. The number of halogens is 1. The normalized spacial score (nSPS) is 29.0. The van der Waals surface area contributed by atoms with Crippen LogP contribution in [0.5, 0.6) is 0 Å². The predicted molar refractivity (Wildman–Crippen MR) is 61.5 cm³/mol. The minimum atomic E-state index is 0.291. The minimum absolute atomic E-state index is 0.291. The lowest BCUT2D eigenvalue weighted by Gasteiger charge is -2.34. The summed E-state index contributed by atoms with van der Waals surface area (Å²) in [6.07, 6.45) is 3.06. The van der Waals surface area contributed by atoms with Crippen molar-refractivity contribution in [1.29, 1.82) is 0 Å². The van der Waals surface area contributed by atoms with Gasteiger partial charge in [-0.3, -0.25) is 4.79 Å². The van der Waals surface area contributed by atoms with Crippen LogP contribution in [0, 0.1) is 5.92 Å². The van der Waals surface area contributed by atoms with Gasteiger partial charge in [-0.15, -0.1) is 0 Å². The fourth-order valence-electron chi connectivity index (χ4n) is 1.56. The second kappa shape index (κ2) is 5.25. The molecule has 0 aromatic rings. The summed E-state index contributed by atoms with van der Waals surface area (Å²) in [4.78, 5) is 14.1. The van der Waals surface area contributed by atoms with Crippen LogP contribution in [0.25, 0.3) is 0 Å². The molecule has 0 saturated carbocycles. The highest BCUT2D eigenvalue weighted by Gasteiger charge is 2.26. The van der Waals surface area contributed by atoms with Gasteiger partial charge in [-0.2, -0.15) is 11.8 Å². The highest BCUT2D eigenvalue weighted by Crippen LogP contribution is 2.23. The molecule has 1 rings (SSSR count). The van der Waals surface area contributed by atoms with Crippen molar-refractivity contribution in [1.82, 2.24) is 4.90 Å². The maximum Gasteiger partial charge on any atom is 0.232 e. The summed E-state index contributed by atoms with van der Waals surface area (Å²) >= 11 is 5.23. The molecule has 0 radical (unpaired) electrons. The van der Waals surface area contributed by atoms with E-state index in [1.807, 2.05) is 11.2 Å². The van der Waals surface area contributed by atoms with E-state index in [1.54, 1.807) is 11.8 Å². The first-order chi connectivity index (χ1) is 6.15. The summed E-state index contributed by atoms with van der Waals surface area (Å²) in [6, 6.07) is 0. The van der Waals surface area contributed by atoms with Crippen LogP contribution in [0.15, 0.2) is 0 Å². The molecular weight excluding hydrogens is 250 g/mol. The first-order valence-corrected chi connectivity index (χ1v) is 6.87. The zero-order valence-electron chi connectivity index (χ0n) is 8.12. The quantitative estimate of drug-likeness (QED) is 0.712. The third-order valence-corrected chi connectivity index (χ3v) is 4.32. The van der Waals surface area contributed by atoms with Crippen LogP contribution in [-0.2, 0) is 4.79 Å². The average Bonchev–Trinajstić information content (AvgIpc) is 2.10. The van der Waals surface area contributed by atoms with Crippen molar-refractivity contribution in [3.63, 3.8) is 0 Å². The largest absolute Gasteiger partial charge is 0.342 e. The molecule has 2 atom stereocenters. The number of likely N-dealkylation sites (tertiary alicyclic amines) is 1. The van der Waals surface area contributed by atoms with Crippen molar-refractivity contribution in [2.24, 2.45) is 5.92 Å². The van der Waals surface area contributed by atoms with Crippen molar-refractivity contribution in [2.45, 2.75) is 18.2 Å². The topological polar surface area (TPSA) is 20.3 Å². The van der Waals surface area contributed by atoms with Crippen molar-refractivity contribution < 1.29 is 4.79 Å². The first kappa shape index (κ1) is 11.4. The molecule has 0 aromatic carbocycles. The highest BCUT2D eigenvalue weighted by atomic mass is 79.9. The number of hydrogen-bond donors (Lipinski definition) is 0. The Morgan fingerprint density at radius 1 is 1.69 bits per heavy atom. The van der Waals surface area contributed by atoms with E-state index in [0.29, 0.717) is 22.4 Å². The van der Waals surface area contributed by atoms with E-state index in [0.717, 1.165) is 19.5 Å². The summed E-state index contributed by atoms with van der Waals surface area (Å²) < 4.78 is 0. The Balaban J connectivity index is 2.40. The van der Waals surface area contributed by atoms with Gasteiger partial charge < -0.3 is 4.90 Å². The van der Waals surface area contributed by atoms with E-state index in [1.165, 1.54) is 0 Å². The van der Waals surface area contributed by atoms with Crippen LogP contribution in [0.2, 0.25) is 0 Å². The maximum absolute atomic E-state index is 11.5. The number of nitrogens with zero attached hydrogens (tertiary/aromatic N) is 1. The Hall–Kier alpha value is 0.300. The molecule has 1 fully saturated rings. The molecule has 0 N–H and O–H groups in total. The molecule has 0 bridgehead atoms. The lowest BCUT2D eigenvalue weighted by atomic mass is 10.0. The number of carbonyl (C=O) groups is 1. The molecule has 0 spiro atoms. The number of amides is 1. The van der Waals surface area contributed by atoms with E-state index >= 15 is 0 Å². The van der Waals surface area contributed by atoms with Gasteiger partial charge in [-0.1, -0.05) is 22.9 Å². The second-order valence-electron chi connectivity index (χ2n) is 3.55. The number of hydrogen-bond acceptors (Lipinski definition) is 2. The van der Waals surface area contributed by atoms with Gasteiger partial charge in [-0.25, -0.2) is 0 Å². The van der Waals surface area contributed by atoms with Crippen molar-refractivity contribution >= 4 is 33.6 Å². The molecule has 76 valence electrons. The molecule has 1 heterocycles. The average molecular weight is 266 g/mol. The zero-order chi connectivity index (χ0) is 9.84. The van der Waals surface area contributed by atoms with Crippen molar-refractivity contribution in [3.05, 3.63) is 0 Å².